The second-order valence-corrected chi connectivity index (χ2v) is 8.04. The molecule has 5 heteroatoms. The van der Waals surface area contributed by atoms with Gasteiger partial charge in [0.15, 0.2) is 0 Å². The minimum atomic E-state index is 0.0619. The van der Waals surface area contributed by atoms with Crippen molar-refractivity contribution in [3.8, 4) is 5.88 Å². The monoisotopic (exact) mass is 377 g/mol. The molecule has 2 aromatic heterocycles. The van der Waals surface area contributed by atoms with Gasteiger partial charge in [0.05, 0.1) is 0 Å². The summed E-state index contributed by atoms with van der Waals surface area (Å²) in [6, 6.07) is 15.1. The third kappa shape index (κ3) is 2.90. The van der Waals surface area contributed by atoms with Crippen molar-refractivity contribution in [2.45, 2.75) is 37.3 Å². The molecule has 1 fully saturated rings. The molecule has 3 atom stereocenters. The van der Waals surface area contributed by atoms with Crippen LogP contribution in [0, 0.1) is 0 Å². The van der Waals surface area contributed by atoms with Gasteiger partial charge in [0.25, 0.3) is 0 Å². The molecule has 0 unspecified atom stereocenters. The number of aryl methyl sites for hydroxylation is 1. The number of fused-ring (bicyclic) bond motifs is 6. The Morgan fingerprint density at radius 2 is 2.04 bits per heavy atom. The average molecular weight is 377 g/mol. The van der Waals surface area contributed by atoms with Crippen molar-refractivity contribution in [1.82, 2.24) is 14.5 Å². The summed E-state index contributed by atoms with van der Waals surface area (Å²) in [6.45, 7) is 2.03. The van der Waals surface area contributed by atoms with Crippen molar-refractivity contribution < 1.29 is 9.84 Å². The number of hydrogen-bond acceptors (Lipinski definition) is 4. The summed E-state index contributed by atoms with van der Waals surface area (Å²) in [5.74, 6) is 1.05. The molecule has 3 heterocycles. The average Bonchev–Trinajstić information content (AvgIpc) is 3.02. The van der Waals surface area contributed by atoms with E-state index in [2.05, 4.69) is 45.8 Å². The van der Waals surface area contributed by atoms with Crippen LogP contribution in [0.2, 0.25) is 0 Å². The van der Waals surface area contributed by atoms with Gasteiger partial charge in [-0.15, -0.1) is 0 Å². The van der Waals surface area contributed by atoms with Crippen LogP contribution in [0.1, 0.15) is 30.0 Å². The zero-order valence-electron chi connectivity index (χ0n) is 16.3. The summed E-state index contributed by atoms with van der Waals surface area (Å²) in [4.78, 5) is 6.92. The molecule has 5 nitrogen and oxygen atoms in total. The lowest BCUT2D eigenvalue weighted by molar-refractivity contribution is 0.0180. The standard InChI is InChI=1S/C23H27N3O2/c1-25-20-8-3-2-7-17(20)18-13-16-14-19(23(18)25)21(15-26(16)11-6-12-27)28-22-9-4-5-10-24-22/h2-5,7-10,16,19,21,27H,6,11-15H2,1H3/t16-,19+,21-/m0/s1. The Balaban J connectivity index is 1.57. The molecule has 1 aliphatic heterocycles. The van der Waals surface area contributed by atoms with Gasteiger partial charge in [0.2, 0.25) is 5.88 Å². The van der Waals surface area contributed by atoms with E-state index in [9.17, 15) is 5.11 Å². The Kier molecular flexibility index (Phi) is 4.57. The van der Waals surface area contributed by atoms with Gasteiger partial charge in [0, 0.05) is 67.6 Å². The van der Waals surface area contributed by atoms with Crippen molar-refractivity contribution in [2.75, 3.05) is 19.7 Å². The number of benzene rings is 1. The first kappa shape index (κ1) is 17.7. The Morgan fingerprint density at radius 1 is 1.18 bits per heavy atom. The molecule has 1 aliphatic carbocycles. The molecule has 28 heavy (non-hydrogen) atoms. The molecule has 0 radical (unpaired) electrons. The highest BCUT2D eigenvalue weighted by Gasteiger charge is 2.44. The van der Waals surface area contributed by atoms with Gasteiger partial charge < -0.3 is 14.4 Å². The van der Waals surface area contributed by atoms with E-state index < -0.39 is 0 Å². The van der Waals surface area contributed by atoms with Crippen molar-refractivity contribution >= 4 is 10.9 Å². The zero-order valence-corrected chi connectivity index (χ0v) is 16.3. The molecular weight excluding hydrogens is 350 g/mol. The number of aromatic nitrogens is 2. The smallest absolute Gasteiger partial charge is 0.213 e. The SMILES string of the molecule is Cn1c2c(c3ccccc31)C[C@H]1C[C@@H]2[C@@H](Oc2ccccn2)CN1CCCO. The van der Waals surface area contributed by atoms with E-state index in [0.717, 1.165) is 32.4 Å². The summed E-state index contributed by atoms with van der Waals surface area (Å²) in [7, 11) is 2.19. The largest absolute Gasteiger partial charge is 0.472 e. The van der Waals surface area contributed by atoms with Crippen LogP contribution in [0.3, 0.4) is 0 Å². The van der Waals surface area contributed by atoms with Crippen LogP contribution in [0.15, 0.2) is 48.7 Å². The number of aliphatic hydroxyl groups excluding tert-OH is 1. The second-order valence-electron chi connectivity index (χ2n) is 8.04. The second kappa shape index (κ2) is 7.22. The zero-order chi connectivity index (χ0) is 19.1. The van der Waals surface area contributed by atoms with Crippen molar-refractivity contribution in [3.05, 3.63) is 59.9 Å². The molecule has 0 saturated carbocycles. The molecule has 1 N–H and O–H groups in total. The van der Waals surface area contributed by atoms with E-state index in [1.54, 1.807) is 6.20 Å². The molecule has 0 amide bonds. The molecular formula is C23H27N3O2. The van der Waals surface area contributed by atoms with Gasteiger partial charge in [-0.25, -0.2) is 4.98 Å². The fraction of sp³-hybridized carbons (Fsp3) is 0.435. The van der Waals surface area contributed by atoms with Gasteiger partial charge in [-0.2, -0.15) is 0 Å². The molecule has 0 spiro atoms. The quantitative estimate of drug-likeness (QED) is 0.742. The summed E-state index contributed by atoms with van der Waals surface area (Å²) in [6.07, 6.45) is 4.83. The summed E-state index contributed by atoms with van der Waals surface area (Å²) >= 11 is 0. The van der Waals surface area contributed by atoms with Gasteiger partial charge in [-0.05, 0) is 37.0 Å². The third-order valence-corrected chi connectivity index (χ3v) is 6.47. The predicted molar refractivity (Wildman–Crippen MR) is 110 cm³/mol. The normalized spacial score (nSPS) is 24.3. The Morgan fingerprint density at radius 3 is 2.86 bits per heavy atom. The number of piperidine rings is 1. The fourth-order valence-electron chi connectivity index (χ4n) is 5.25. The molecule has 2 aliphatic rings. The third-order valence-electron chi connectivity index (χ3n) is 6.47. The lowest BCUT2D eigenvalue weighted by Gasteiger charge is -2.47. The topological polar surface area (TPSA) is 50.5 Å². The van der Waals surface area contributed by atoms with E-state index in [4.69, 9.17) is 4.74 Å². The van der Waals surface area contributed by atoms with E-state index in [0.29, 0.717) is 17.8 Å². The van der Waals surface area contributed by atoms with Gasteiger partial charge in [-0.1, -0.05) is 24.3 Å². The Hall–Kier alpha value is -2.37. The van der Waals surface area contributed by atoms with E-state index in [1.807, 2.05) is 18.2 Å². The number of rotatable bonds is 5. The first-order valence-electron chi connectivity index (χ1n) is 10.2. The van der Waals surface area contributed by atoms with Crippen LogP contribution >= 0.6 is 0 Å². The number of ether oxygens (including phenoxy) is 1. The minimum absolute atomic E-state index is 0.0619. The maximum Gasteiger partial charge on any atom is 0.213 e. The first-order valence-corrected chi connectivity index (χ1v) is 10.2. The predicted octanol–water partition coefficient (Wildman–Crippen LogP) is 3.12. The van der Waals surface area contributed by atoms with E-state index in [1.165, 1.54) is 22.2 Å². The fourth-order valence-corrected chi connectivity index (χ4v) is 5.25. The van der Waals surface area contributed by atoms with Crippen LogP contribution in [-0.4, -0.2) is 51.4 Å². The van der Waals surface area contributed by atoms with Gasteiger partial charge >= 0.3 is 0 Å². The minimum Gasteiger partial charge on any atom is -0.472 e. The highest BCUT2D eigenvalue weighted by atomic mass is 16.5. The van der Waals surface area contributed by atoms with Crippen LogP contribution in [0.4, 0.5) is 0 Å². The number of likely N-dealkylation sites (tertiary alicyclic amines) is 1. The van der Waals surface area contributed by atoms with Crippen molar-refractivity contribution in [3.63, 3.8) is 0 Å². The first-order chi connectivity index (χ1) is 13.8. The summed E-state index contributed by atoms with van der Waals surface area (Å²) in [5, 5.41) is 10.7. The molecule has 5 rings (SSSR count). The van der Waals surface area contributed by atoms with Gasteiger partial charge in [0.1, 0.15) is 6.10 Å². The maximum absolute atomic E-state index is 9.35. The van der Waals surface area contributed by atoms with Crippen LogP contribution in [0.5, 0.6) is 5.88 Å². The highest BCUT2D eigenvalue weighted by molar-refractivity contribution is 5.86. The van der Waals surface area contributed by atoms with Crippen LogP contribution in [-0.2, 0) is 13.5 Å². The lowest BCUT2D eigenvalue weighted by atomic mass is 9.76. The molecule has 1 aromatic carbocycles. The number of pyridine rings is 1. The van der Waals surface area contributed by atoms with E-state index >= 15 is 0 Å². The molecule has 1 saturated heterocycles. The molecule has 146 valence electrons. The molecule has 2 bridgehead atoms. The number of para-hydroxylation sites is 1. The lowest BCUT2D eigenvalue weighted by Crippen LogP contribution is -2.54. The summed E-state index contributed by atoms with van der Waals surface area (Å²) < 4.78 is 8.81. The van der Waals surface area contributed by atoms with Crippen molar-refractivity contribution in [2.24, 2.45) is 7.05 Å². The van der Waals surface area contributed by atoms with Crippen molar-refractivity contribution in [1.29, 1.82) is 0 Å². The molecule has 3 aromatic rings. The number of hydrogen-bond donors (Lipinski definition) is 1. The van der Waals surface area contributed by atoms with Gasteiger partial charge in [-0.3, -0.25) is 4.90 Å². The summed E-state index contributed by atoms with van der Waals surface area (Å²) in [5.41, 5.74) is 4.21. The number of aliphatic hydroxyl groups is 1. The van der Waals surface area contributed by atoms with Crippen LogP contribution in [0.25, 0.3) is 10.9 Å². The van der Waals surface area contributed by atoms with E-state index in [-0.39, 0.29) is 12.7 Å². The Bertz CT molecular complexity index is 969. The van der Waals surface area contributed by atoms with Crippen LogP contribution < -0.4 is 4.74 Å². The number of nitrogens with zero attached hydrogens (tertiary/aromatic N) is 3. The highest BCUT2D eigenvalue weighted by Crippen LogP contribution is 2.44. The maximum atomic E-state index is 9.35. The Labute approximate surface area is 165 Å².